The molecule has 0 unspecified atom stereocenters. The number of aromatic nitrogens is 2. The van der Waals surface area contributed by atoms with Crippen LogP contribution in [0, 0.1) is 0 Å². The maximum absolute atomic E-state index is 13.0. The first-order valence-corrected chi connectivity index (χ1v) is 10.1. The Morgan fingerprint density at radius 2 is 1.85 bits per heavy atom. The third kappa shape index (κ3) is 2.62. The standard InChI is InChI=1S/C18H18N4O3S.ClH/c19-18(9-1-2-10-18)17-20-15(25-21-17)11-22-13-7-3-5-12-6-4-8-14(16(12)13)26(22,23)24;/h3-8H,1-2,9-11,19H2;1H. The molecule has 2 N–H and O–H groups in total. The normalized spacial score (nSPS) is 19.4. The summed E-state index contributed by atoms with van der Waals surface area (Å²) in [7, 11) is -3.65. The zero-order valence-corrected chi connectivity index (χ0v) is 16.1. The van der Waals surface area contributed by atoms with Crippen molar-refractivity contribution in [2.24, 2.45) is 5.73 Å². The van der Waals surface area contributed by atoms with Crippen molar-refractivity contribution in [2.75, 3.05) is 4.31 Å². The average molecular weight is 407 g/mol. The van der Waals surface area contributed by atoms with Crippen LogP contribution in [0.5, 0.6) is 0 Å². The molecular weight excluding hydrogens is 388 g/mol. The molecule has 9 heteroatoms. The van der Waals surface area contributed by atoms with Gasteiger partial charge in [0.25, 0.3) is 10.0 Å². The molecule has 3 aromatic rings. The van der Waals surface area contributed by atoms with Crippen molar-refractivity contribution in [2.45, 2.75) is 42.7 Å². The molecule has 1 saturated carbocycles. The molecule has 1 aliphatic carbocycles. The first kappa shape index (κ1) is 18.2. The highest BCUT2D eigenvalue weighted by Gasteiger charge is 2.39. The van der Waals surface area contributed by atoms with Crippen LogP contribution < -0.4 is 10.0 Å². The molecule has 2 aromatic carbocycles. The van der Waals surface area contributed by atoms with E-state index in [4.69, 9.17) is 10.3 Å². The Labute approximate surface area is 163 Å². The summed E-state index contributed by atoms with van der Waals surface area (Å²) in [5, 5.41) is 5.65. The summed E-state index contributed by atoms with van der Waals surface area (Å²) in [5.41, 5.74) is 6.45. The van der Waals surface area contributed by atoms with Crippen molar-refractivity contribution in [3.8, 4) is 0 Å². The molecule has 0 spiro atoms. The molecule has 7 nitrogen and oxygen atoms in total. The minimum absolute atomic E-state index is 0. The molecule has 0 bridgehead atoms. The van der Waals surface area contributed by atoms with Gasteiger partial charge in [0.15, 0.2) is 5.82 Å². The molecule has 1 fully saturated rings. The van der Waals surface area contributed by atoms with Crippen LogP contribution in [0.15, 0.2) is 45.8 Å². The van der Waals surface area contributed by atoms with Crippen molar-refractivity contribution < 1.29 is 12.9 Å². The fourth-order valence-corrected chi connectivity index (χ4v) is 5.66. The van der Waals surface area contributed by atoms with Crippen molar-refractivity contribution in [3.05, 3.63) is 48.1 Å². The van der Waals surface area contributed by atoms with E-state index in [1.165, 1.54) is 4.31 Å². The third-order valence-electron chi connectivity index (χ3n) is 5.37. The molecule has 0 radical (unpaired) electrons. The first-order valence-electron chi connectivity index (χ1n) is 8.65. The highest BCUT2D eigenvalue weighted by molar-refractivity contribution is 7.93. The van der Waals surface area contributed by atoms with Crippen LogP contribution in [0.1, 0.15) is 37.4 Å². The van der Waals surface area contributed by atoms with Crippen molar-refractivity contribution in [1.82, 2.24) is 10.1 Å². The lowest BCUT2D eigenvalue weighted by atomic mass is 9.99. The van der Waals surface area contributed by atoms with Crippen molar-refractivity contribution in [1.29, 1.82) is 0 Å². The molecular formula is C18H19ClN4O3S. The zero-order valence-electron chi connectivity index (χ0n) is 14.5. The number of rotatable bonds is 3. The lowest BCUT2D eigenvalue weighted by Crippen LogP contribution is -2.34. The van der Waals surface area contributed by atoms with Crippen LogP contribution >= 0.6 is 12.4 Å². The van der Waals surface area contributed by atoms with Gasteiger partial charge in [-0.1, -0.05) is 42.3 Å². The number of nitrogens with two attached hydrogens (primary N) is 1. The topological polar surface area (TPSA) is 102 Å². The van der Waals surface area contributed by atoms with E-state index in [2.05, 4.69) is 10.1 Å². The van der Waals surface area contributed by atoms with E-state index in [0.29, 0.717) is 16.4 Å². The number of halogens is 1. The Morgan fingerprint density at radius 1 is 1.15 bits per heavy atom. The fraction of sp³-hybridized carbons (Fsp3) is 0.333. The van der Waals surface area contributed by atoms with Crippen molar-refractivity contribution >= 4 is 38.9 Å². The van der Waals surface area contributed by atoms with Crippen LogP contribution in [0.4, 0.5) is 5.69 Å². The smallest absolute Gasteiger partial charge is 0.265 e. The maximum atomic E-state index is 13.0. The van der Waals surface area contributed by atoms with E-state index in [1.54, 1.807) is 18.2 Å². The SMILES string of the molecule is Cl.NC1(c2noc(CN3c4cccc5cccc(c45)S3(=O)=O)n2)CCCC1. The van der Waals surface area contributed by atoms with Crippen LogP contribution in [0.3, 0.4) is 0 Å². The van der Waals surface area contributed by atoms with Crippen LogP contribution in [-0.4, -0.2) is 18.6 Å². The Balaban J connectivity index is 0.00000180. The lowest BCUT2D eigenvalue weighted by molar-refractivity contribution is 0.349. The number of nitrogens with zero attached hydrogens (tertiary/aromatic N) is 3. The van der Waals surface area contributed by atoms with Crippen LogP contribution in [0.25, 0.3) is 10.8 Å². The van der Waals surface area contributed by atoms with E-state index in [1.807, 2.05) is 18.2 Å². The van der Waals surface area contributed by atoms with Gasteiger partial charge in [-0.2, -0.15) is 4.98 Å². The summed E-state index contributed by atoms with van der Waals surface area (Å²) >= 11 is 0. The third-order valence-corrected chi connectivity index (χ3v) is 7.17. The highest BCUT2D eigenvalue weighted by Crippen LogP contribution is 2.42. The Morgan fingerprint density at radius 3 is 2.59 bits per heavy atom. The zero-order chi connectivity index (χ0) is 17.9. The van der Waals surface area contributed by atoms with Crippen LogP contribution in [0.2, 0.25) is 0 Å². The summed E-state index contributed by atoms with van der Waals surface area (Å²) in [4.78, 5) is 4.73. The summed E-state index contributed by atoms with van der Waals surface area (Å²) in [6.45, 7) is -0.000787. The van der Waals surface area contributed by atoms with Crippen molar-refractivity contribution in [3.63, 3.8) is 0 Å². The van der Waals surface area contributed by atoms with Gasteiger partial charge in [-0.25, -0.2) is 8.42 Å². The quantitative estimate of drug-likeness (QED) is 0.717. The summed E-state index contributed by atoms with van der Waals surface area (Å²) in [6.07, 6.45) is 3.72. The molecule has 1 aliphatic heterocycles. The molecule has 1 aromatic heterocycles. The Hall–Kier alpha value is -2.16. The summed E-state index contributed by atoms with van der Waals surface area (Å²) in [6, 6.07) is 10.9. The number of anilines is 1. The van der Waals surface area contributed by atoms with Gasteiger partial charge >= 0.3 is 0 Å². The molecule has 0 atom stereocenters. The lowest BCUT2D eigenvalue weighted by Gasteiger charge is -2.18. The predicted octanol–water partition coefficient (Wildman–Crippen LogP) is 3.08. The molecule has 2 aliphatic rings. The van der Waals surface area contributed by atoms with Gasteiger partial charge in [0.05, 0.1) is 16.1 Å². The second-order valence-corrected chi connectivity index (χ2v) is 8.85. The summed E-state index contributed by atoms with van der Waals surface area (Å²) in [5.74, 6) is 0.724. The number of hydrogen-bond donors (Lipinski definition) is 1. The van der Waals surface area contributed by atoms with Gasteiger partial charge < -0.3 is 10.3 Å². The molecule has 2 heterocycles. The fourth-order valence-electron chi connectivity index (χ4n) is 4.00. The number of benzene rings is 2. The predicted molar refractivity (Wildman–Crippen MR) is 103 cm³/mol. The molecule has 5 rings (SSSR count). The van der Waals surface area contributed by atoms with E-state index in [0.717, 1.165) is 36.5 Å². The van der Waals surface area contributed by atoms with E-state index >= 15 is 0 Å². The van der Waals surface area contributed by atoms with Gasteiger partial charge in [0.2, 0.25) is 5.89 Å². The molecule has 0 amide bonds. The number of hydrogen-bond acceptors (Lipinski definition) is 6. The molecule has 142 valence electrons. The Bertz CT molecular complexity index is 1120. The van der Waals surface area contributed by atoms with E-state index in [-0.39, 0.29) is 24.8 Å². The first-order chi connectivity index (χ1) is 12.5. The molecule has 27 heavy (non-hydrogen) atoms. The van der Waals surface area contributed by atoms with Gasteiger partial charge in [-0.3, -0.25) is 4.31 Å². The maximum Gasteiger partial charge on any atom is 0.265 e. The minimum atomic E-state index is -3.65. The minimum Gasteiger partial charge on any atom is -0.337 e. The summed E-state index contributed by atoms with van der Waals surface area (Å²) < 4.78 is 32.7. The van der Waals surface area contributed by atoms with Gasteiger partial charge in [0.1, 0.15) is 6.54 Å². The largest absolute Gasteiger partial charge is 0.337 e. The van der Waals surface area contributed by atoms with E-state index in [9.17, 15) is 8.42 Å². The highest BCUT2D eigenvalue weighted by atomic mass is 35.5. The Kier molecular flexibility index (Phi) is 4.17. The van der Waals surface area contributed by atoms with Crippen LogP contribution in [-0.2, 0) is 22.1 Å². The second kappa shape index (κ2) is 6.19. The monoisotopic (exact) mass is 406 g/mol. The average Bonchev–Trinajstić information content (AvgIpc) is 3.32. The van der Waals surface area contributed by atoms with E-state index < -0.39 is 15.6 Å². The van der Waals surface area contributed by atoms with Gasteiger partial charge in [-0.15, -0.1) is 12.4 Å². The molecule has 0 saturated heterocycles. The number of sulfonamides is 1. The van der Waals surface area contributed by atoms with Gasteiger partial charge in [-0.05, 0) is 30.4 Å². The second-order valence-electron chi connectivity index (χ2n) is 7.02. The van der Waals surface area contributed by atoms with Gasteiger partial charge in [0, 0.05) is 5.39 Å².